The number of esters is 2. The van der Waals surface area contributed by atoms with E-state index in [0.717, 1.165) is 11.1 Å². The Morgan fingerprint density at radius 3 is 1.78 bits per heavy atom. The molecule has 224 valence electrons. The fraction of sp³-hybridized carbons (Fsp3) is 0.385. The summed E-state index contributed by atoms with van der Waals surface area (Å²) in [6, 6.07) is 6.58. The molecular weight excluding hydrogens is 706 g/mol. The Morgan fingerprint density at radius 1 is 0.878 bits per heavy atom. The summed E-state index contributed by atoms with van der Waals surface area (Å²) in [6.45, 7) is 1.15. The van der Waals surface area contributed by atoms with Crippen LogP contribution in [0.3, 0.4) is 0 Å². The van der Waals surface area contributed by atoms with Crippen LogP contribution in [-0.4, -0.2) is 75.3 Å². The zero-order chi connectivity index (χ0) is 30.5. The number of ether oxygens (including phenoxy) is 2. The molecule has 0 saturated carbocycles. The van der Waals surface area contributed by atoms with Crippen LogP contribution in [0.15, 0.2) is 60.2 Å². The molecule has 4 heterocycles. The molecule has 1 unspecified atom stereocenters. The van der Waals surface area contributed by atoms with Crippen molar-refractivity contribution in [3.05, 3.63) is 81.6 Å². The highest BCUT2D eigenvalue weighted by Gasteiger charge is 2.28. The summed E-state index contributed by atoms with van der Waals surface area (Å²) in [5, 5.41) is 0.670. The minimum absolute atomic E-state index is 0.0204. The molecule has 0 bridgehead atoms. The fourth-order valence-corrected chi connectivity index (χ4v) is 3.94. The van der Waals surface area contributed by atoms with E-state index in [1.54, 1.807) is 31.2 Å². The first-order chi connectivity index (χ1) is 19.5. The molecule has 0 aliphatic carbocycles. The number of carbonyl (C=O) groups is 2. The van der Waals surface area contributed by atoms with Gasteiger partial charge in [-0.1, -0.05) is 57.9 Å². The maximum Gasteiger partial charge on any atom is 0.333 e. The predicted molar refractivity (Wildman–Crippen MR) is 154 cm³/mol. The minimum Gasteiger partial charge on any atom is -0.456 e. The number of hydrogen-bond donors (Lipinski definition) is 0. The number of carbonyl (C=O) groups excluding carboxylic acids is 2. The molecule has 0 spiro atoms. The van der Waals surface area contributed by atoms with Gasteiger partial charge in [-0.25, -0.2) is 37.1 Å². The van der Waals surface area contributed by atoms with E-state index < -0.39 is 44.0 Å². The Morgan fingerprint density at radius 2 is 1.39 bits per heavy atom. The molecule has 1 atom stereocenters. The third kappa shape index (κ3) is 12.0. The zero-order valence-electron chi connectivity index (χ0n) is 22.0. The highest BCUT2D eigenvalue weighted by molar-refractivity contribution is 14.1. The number of cyclic esters (lactones) is 2. The summed E-state index contributed by atoms with van der Waals surface area (Å²) in [4.78, 5) is 34.8. The van der Waals surface area contributed by atoms with Crippen molar-refractivity contribution in [2.45, 2.75) is 39.0 Å². The number of nitrogens with zero attached hydrogens (tertiary/aromatic N) is 4. The Labute approximate surface area is 258 Å². The highest BCUT2D eigenvalue weighted by Crippen LogP contribution is 2.23. The van der Waals surface area contributed by atoms with E-state index in [-0.39, 0.29) is 19.7 Å². The molecule has 4 rings (SSSR count). The van der Waals surface area contributed by atoms with Crippen molar-refractivity contribution < 1.29 is 36.6 Å². The fourth-order valence-electron chi connectivity index (χ4n) is 3.72. The lowest BCUT2D eigenvalue weighted by Gasteiger charge is -2.27. The van der Waals surface area contributed by atoms with Gasteiger partial charge in [0, 0.05) is 37.6 Å². The SMILES string of the molecule is CC1OC(=O)C=C1N(Cc1ccc(Cl)nc1)CC(F)F.CI.O=C1C=C(N(Cc2ccc(Cl)nc2)CC(F)F)CO1. The van der Waals surface area contributed by atoms with Gasteiger partial charge in [-0.15, -0.1) is 0 Å². The summed E-state index contributed by atoms with van der Waals surface area (Å²) in [7, 11) is 0. The molecule has 2 aliphatic rings. The monoisotopic (exact) mass is 732 g/mol. The Hall–Kier alpha value is -2.65. The largest absolute Gasteiger partial charge is 0.456 e. The van der Waals surface area contributed by atoms with Crippen molar-refractivity contribution in [3.63, 3.8) is 0 Å². The first-order valence-electron chi connectivity index (χ1n) is 11.9. The number of halogens is 7. The molecule has 41 heavy (non-hydrogen) atoms. The molecule has 2 aromatic heterocycles. The molecule has 0 aromatic carbocycles. The van der Waals surface area contributed by atoms with Gasteiger partial charge in [0.15, 0.2) is 0 Å². The van der Waals surface area contributed by atoms with Gasteiger partial charge in [0.25, 0.3) is 12.9 Å². The second-order valence-corrected chi connectivity index (χ2v) is 9.19. The van der Waals surface area contributed by atoms with Gasteiger partial charge in [-0.05, 0) is 35.1 Å². The summed E-state index contributed by atoms with van der Waals surface area (Å²) < 4.78 is 60.2. The summed E-state index contributed by atoms with van der Waals surface area (Å²) >= 11 is 13.5. The molecule has 0 saturated heterocycles. The van der Waals surface area contributed by atoms with E-state index in [1.165, 1.54) is 34.3 Å². The summed E-state index contributed by atoms with van der Waals surface area (Å²) in [5.41, 5.74) is 2.35. The Balaban J connectivity index is 0.000000271. The van der Waals surface area contributed by atoms with Gasteiger partial charge < -0.3 is 19.3 Å². The number of aromatic nitrogens is 2. The lowest BCUT2D eigenvalue weighted by molar-refractivity contribution is -0.138. The van der Waals surface area contributed by atoms with Crippen LogP contribution in [0.5, 0.6) is 0 Å². The van der Waals surface area contributed by atoms with Gasteiger partial charge in [-0.3, -0.25) is 0 Å². The number of pyridine rings is 2. The van der Waals surface area contributed by atoms with Gasteiger partial charge in [-0.2, -0.15) is 0 Å². The third-order valence-electron chi connectivity index (χ3n) is 5.43. The normalized spacial score (nSPS) is 15.7. The van der Waals surface area contributed by atoms with Gasteiger partial charge in [0.05, 0.1) is 24.5 Å². The van der Waals surface area contributed by atoms with Gasteiger partial charge >= 0.3 is 11.9 Å². The number of alkyl halides is 5. The highest BCUT2D eigenvalue weighted by atomic mass is 127. The van der Waals surface area contributed by atoms with Crippen molar-refractivity contribution in [1.82, 2.24) is 19.8 Å². The second-order valence-electron chi connectivity index (χ2n) is 8.41. The zero-order valence-corrected chi connectivity index (χ0v) is 25.6. The molecule has 0 radical (unpaired) electrons. The molecule has 8 nitrogen and oxygen atoms in total. The Kier molecular flexibility index (Phi) is 14.6. The third-order valence-corrected chi connectivity index (χ3v) is 5.88. The Bertz CT molecular complexity index is 1200. The van der Waals surface area contributed by atoms with Crippen LogP contribution in [0.2, 0.25) is 10.3 Å². The van der Waals surface area contributed by atoms with Crippen LogP contribution in [0.1, 0.15) is 18.1 Å². The van der Waals surface area contributed by atoms with E-state index in [0.29, 0.717) is 21.7 Å². The van der Waals surface area contributed by atoms with Crippen LogP contribution < -0.4 is 0 Å². The van der Waals surface area contributed by atoms with Crippen molar-refractivity contribution in [2.75, 3.05) is 24.6 Å². The first-order valence-corrected chi connectivity index (χ1v) is 14.9. The van der Waals surface area contributed by atoms with Gasteiger partial charge in [0.2, 0.25) is 0 Å². The van der Waals surface area contributed by atoms with E-state index in [2.05, 4.69) is 32.6 Å². The first kappa shape index (κ1) is 34.6. The van der Waals surface area contributed by atoms with Crippen molar-refractivity contribution in [2.24, 2.45) is 0 Å². The molecule has 15 heteroatoms. The second kappa shape index (κ2) is 17.3. The van der Waals surface area contributed by atoms with Crippen molar-refractivity contribution in [3.8, 4) is 0 Å². The summed E-state index contributed by atoms with van der Waals surface area (Å²) in [6.07, 6.45) is -0.0393. The maximum absolute atomic E-state index is 12.7. The van der Waals surface area contributed by atoms with Crippen LogP contribution >= 0.6 is 45.8 Å². The summed E-state index contributed by atoms with van der Waals surface area (Å²) in [5.74, 6) is -1.02. The minimum atomic E-state index is -2.51. The topological polar surface area (TPSA) is 84.9 Å². The maximum atomic E-state index is 12.7. The van der Waals surface area contributed by atoms with Crippen LogP contribution in [0.4, 0.5) is 17.6 Å². The molecular formula is C26H27Cl2F4IN4O4. The molecule has 2 aromatic rings. The van der Waals surface area contributed by atoms with E-state index in [4.69, 9.17) is 32.7 Å². The molecule has 0 amide bonds. The number of hydrogen-bond acceptors (Lipinski definition) is 8. The van der Waals surface area contributed by atoms with E-state index >= 15 is 0 Å². The lowest BCUT2D eigenvalue weighted by Crippen LogP contribution is -2.31. The molecule has 0 fully saturated rings. The van der Waals surface area contributed by atoms with Crippen LogP contribution in [0.25, 0.3) is 0 Å². The number of rotatable bonds is 10. The molecule has 2 aliphatic heterocycles. The quantitative estimate of drug-likeness (QED) is 0.0979. The predicted octanol–water partition coefficient (Wildman–Crippen LogP) is 5.93. The standard InChI is InChI=1S/C13H13ClF2N2O2.C12H11ClF2N2O2.CH3I/c1-8-10(4-13(19)20-8)18(7-12(15)16)6-9-2-3-11(14)17-5-9;13-10-2-1-8(4-16-10)5-17(6-11(14)15)9-3-12(18)19-7-9;1-2/h2-5,8,12H,6-7H2,1H3;1-4,11H,5-7H2;1H3. The lowest BCUT2D eigenvalue weighted by atomic mass is 10.2. The van der Waals surface area contributed by atoms with E-state index in [1.807, 2.05) is 4.93 Å². The molecule has 0 N–H and O–H groups in total. The van der Waals surface area contributed by atoms with Crippen LogP contribution in [-0.2, 0) is 32.2 Å². The van der Waals surface area contributed by atoms with Crippen molar-refractivity contribution >= 4 is 57.7 Å². The van der Waals surface area contributed by atoms with Gasteiger partial charge in [0.1, 0.15) is 23.0 Å². The average molecular weight is 733 g/mol. The average Bonchev–Trinajstić information content (AvgIpc) is 3.51. The van der Waals surface area contributed by atoms with Crippen LogP contribution in [0, 0.1) is 0 Å². The van der Waals surface area contributed by atoms with E-state index in [9.17, 15) is 27.2 Å². The smallest absolute Gasteiger partial charge is 0.333 e. The van der Waals surface area contributed by atoms with Crippen molar-refractivity contribution in [1.29, 1.82) is 0 Å².